The molecule has 0 radical (unpaired) electrons. The second-order valence-electron chi connectivity index (χ2n) is 5.91. The van der Waals surface area contributed by atoms with Gasteiger partial charge >= 0.3 is 0 Å². The molecule has 0 fully saturated rings. The van der Waals surface area contributed by atoms with Crippen LogP contribution in [0.5, 0.6) is 11.5 Å². The molecule has 0 aliphatic carbocycles. The highest BCUT2D eigenvalue weighted by Crippen LogP contribution is 2.43. The first-order valence-corrected chi connectivity index (χ1v) is 10.6. The number of phenolic OH excluding ortho intramolecular Hbond substituents is 2. The zero-order valence-corrected chi connectivity index (χ0v) is 15.9. The summed E-state index contributed by atoms with van der Waals surface area (Å²) in [7, 11) is -9.77. The Kier molecular flexibility index (Phi) is 4.96. The van der Waals surface area contributed by atoms with Gasteiger partial charge in [-0.15, -0.1) is 0 Å². The first-order valence-electron chi connectivity index (χ1n) is 7.73. The number of anilines is 1. The Morgan fingerprint density at radius 1 is 0.862 bits per heavy atom. The van der Waals surface area contributed by atoms with Crippen LogP contribution in [0, 0.1) is 0 Å². The van der Waals surface area contributed by atoms with E-state index in [2.05, 4.69) is 5.32 Å². The first kappa shape index (κ1) is 20.5. The molecule has 0 heterocycles. The van der Waals surface area contributed by atoms with E-state index in [9.17, 15) is 36.4 Å². The minimum atomic E-state index is -5.00. The van der Waals surface area contributed by atoms with Crippen molar-refractivity contribution in [1.82, 2.24) is 0 Å². The maximum Gasteiger partial charge on any atom is 0.296 e. The highest BCUT2D eigenvalue weighted by atomic mass is 32.2. The Morgan fingerprint density at radius 2 is 1.48 bits per heavy atom. The van der Waals surface area contributed by atoms with E-state index >= 15 is 0 Å². The summed E-state index contributed by atoms with van der Waals surface area (Å²) in [5.74, 6) is -2.57. The van der Waals surface area contributed by atoms with Gasteiger partial charge in [-0.2, -0.15) is 16.8 Å². The molecule has 3 aromatic carbocycles. The van der Waals surface area contributed by atoms with E-state index in [1.165, 1.54) is 12.1 Å². The van der Waals surface area contributed by atoms with Crippen LogP contribution in [-0.2, 0) is 20.2 Å². The minimum Gasteiger partial charge on any atom is -0.507 e. The molecule has 12 heteroatoms. The number of hydrogen-bond acceptors (Lipinski definition) is 7. The van der Waals surface area contributed by atoms with Crippen molar-refractivity contribution in [3.63, 3.8) is 0 Å². The largest absolute Gasteiger partial charge is 0.507 e. The van der Waals surface area contributed by atoms with Gasteiger partial charge in [0.05, 0.1) is 10.3 Å². The van der Waals surface area contributed by atoms with Crippen molar-refractivity contribution in [1.29, 1.82) is 0 Å². The predicted molar refractivity (Wildman–Crippen MR) is 101 cm³/mol. The maximum absolute atomic E-state index is 12.4. The predicted octanol–water partition coefficient (Wildman–Crippen LogP) is 2.00. The first-order chi connectivity index (χ1) is 13.4. The lowest BCUT2D eigenvalue weighted by Gasteiger charge is -2.15. The van der Waals surface area contributed by atoms with Crippen LogP contribution >= 0.6 is 0 Å². The third-order valence-corrected chi connectivity index (χ3v) is 5.69. The molecule has 0 unspecified atom stereocenters. The van der Waals surface area contributed by atoms with Crippen molar-refractivity contribution in [2.24, 2.45) is 0 Å². The third kappa shape index (κ3) is 4.00. The monoisotopic (exact) mass is 439 g/mol. The second-order valence-corrected chi connectivity index (χ2v) is 8.72. The Morgan fingerprint density at radius 3 is 2.03 bits per heavy atom. The molecule has 0 aromatic heterocycles. The summed E-state index contributed by atoms with van der Waals surface area (Å²) in [6.45, 7) is 0. The van der Waals surface area contributed by atoms with Gasteiger partial charge in [0.2, 0.25) is 0 Å². The van der Waals surface area contributed by atoms with E-state index in [1.54, 1.807) is 18.2 Å². The molecule has 3 rings (SSSR count). The van der Waals surface area contributed by atoms with E-state index in [4.69, 9.17) is 4.55 Å². The molecule has 5 N–H and O–H groups in total. The standard InChI is InChI=1S/C17H13NO9S2/c19-12-8-11(28(22,23)24)6-10-7-13(29(25,26)27)15(16(20)14(10)12)18-17(21)9-4-2-1-3-5-9/h1-8,19-20H,(H,18,21)(H,22,23,24)(H,25,26,27). The molecule has 10 nitrogen and oxygen atoms in total. The van der Waals surface area contributed by atoms with E-state index in [0.29, 0.717) is 6.07 Å². The van der Waals surface area contributed by atoms with Crippen molar-refractivity contribution in [2.45, 2.75) is 9.79 Å². The number of benzene rings is 3. The number of carbonyl (C=O) groups excluding carboxylic acids is 1. The van der Waals surface area contributed by atoms with Gasteiger partial charge in [0, 0.05) is 11.6 Å². The van der Waals surface area contributed by atoms with Gasteiger partial charge in [0.25, 0.3) is 26.1 Å². The lowest BCUT2D eigenvalue weighted by Crippen LogP contribution is -2.15. The minimum absolute atomic E-state index is 0.110. The molecule has 0 aliphatic rings. The molecular formula is C17H13NO9S2. The zero-order valence-electron chi connectivity index (χ0n) is 14.3. The fraction of sp³-hybridized carbons (Fsp3) is 0. The SMILES string of the molecule is O=C(Nc1c(S(=O)(=O)O)cc2cc(S(=O)(=O)O)cc(O)c2c1O)c1ccccc1. The number of carbonyl (C=O) groups is 1. The average Bonchev–Trinajstić information content (AvgIpc) is 2.62. The summed E-state index contributed by atoms with van der Waals surface area (Å²) in [5.41, 5.74) is -0.608. The Bertz CT molecular complexity index is 1350. The highest BCUT2D eigenvalue weighted by molar-refractivity contribution is 7.86. The molecule has 0 saturated carbocycles. The van der Waals surface area contributed by atoms with Crippen molar-refractivity contribution >= 4 is 42.6 Å². The topological polar surface area (TPSA) is 178 Å². The molecule has 152 valence electrons. The van der Waals surface area contributed by atoms with Crippen LogP contribution in [0.15, 0.2) is 58.3 Å². The maximum atomic E-state index is 12.4. The van der Waals surface area contributed by atoms with Gasteiger partial charge in [0.15, 0.2) is 5.75 Å². The van der Waals surface area contributed by atoms with E-state index in [1.807, 2.05) is 0 Å². The molecule has 0 saturated heterocycles. The highest BCUT2D eigenvalue weighted by Gasteiger charge is 2.26. The van der Waals surface area contributed by atoms with Crippen LogP contribution in [0.3, 0.4) is 0 Å². The molecule has 1 amide bonds. The summed E-state index contributed by atoms with van der Waals surface area (Å²) in [4.78, 5) is 10.7. The Labute approximate surface area is 164 Å². The van der Waals surface area contributed by atoms with E-state index < -0.39 is 58.5 Å². The fourth-order valence-electron chi connectivity index (χ4n) is 2.70. The van der Waals surface area contributed by atoms with Gasteiger partial charge in [-0.25, -0.2) is 0 Å². The van der Waals surface area contributed by atoms with Gasteiger partial charge in [-0.05, 0) is 29.7 Å². The normalized spacial score (nSPS) is 12.1. The number of hydrogen-bond donors (Lipinski definition) is 5. The average molecular weight is 439 g/mol. The van der Waals surface area contributed by atoms with Crippen LogP contribution in [0.25, 0.3) is 10.8 Å². The van der Waals surface area contributed by atoms with Gasteiger partial charge < -0.3 is 15.5 Å². The molecule has 29 heavy (non-hydrogen) atoms. The lowest BCUT2D eigenvalue weighted by molar-refractivity contribution is 0.102. The van der Waals surface area contributed by atoms with Crippen LogP contribution in [0.1, 0.15) is 10.4 Å². The van der Waals surface area contributed by atoms with Crippen LogP contribution < -0.4 is 5.32 Å². The number of aromatic hydroxyl groups is 2. The third-order valence-electron chi connectivity index (χ3n) is 3.98. The molecule has 3 aromatic rings. The number of fused-ring (bicyclic) bond motifs is 1. The van der Waals surface area contributed by atoms with Crippen molar-refractivity contribution < 1.29 is 40.9 Å². The molecule has 0 bridgehead atoms. The van der Waals surface area contributed by atoms with Crippen molar-refractivity contribution in [3.8, 4) is 11.5 Å². The summed E-state index contributed by atoms with van der Waals surface area (Å²) < 4.78 is 64.9. The fourth-order valence-corrected chi connectivity index (χ4v) is 3.92. The van der Waals surface area contributed by atoms with Crippen LogP contribution in [-0.4, -0.2) is 42.1 Å². The zero-order chi connectivity index (χ0) is 21.6. The molecule has 0 spiro atoms. The number of amides is 1. The molecule has 0 atom stereocenters. The quantitative estimate of drug-likeness (QED) is 0.300. The number of phenols is 2. The van der Waals surface area contributed by atoms with Crippen LogP contribution in [0.2, 0.25) is 0 Å². The molecular weight excluding hydrogens is 426 g/mol. The number of nitrogens with one attached hydrogen (secondary N) is 1. The summed E-state index contributed by atoms with van der Waals surface area (Å²) >= 11 is 0. The van der Waals surface area contributed by atoms with Crippen LogP contribution in [0.4, 0.5) is 5.69 Å². The van der Waals surface area contributed by atoms with Crippen molar-refractivity contribution in [2.75, 3.05) is 5.32 Å². The van der Waals surface area contributed by atoms with E-state index in [0.717, 1.165) is 12.1 Å². The van der Waals surface area contributed by atoms with Gasteiger partial charge in [-0.3, -0.25) is 13.9 Å². The lowest BCUT2D eigenvalue weighted by atomic mass is 10.1. The Balaban J connectivity index is 2.30. The number of rotatable bonds is 4. The van der Waals surface area contributed by atoms with Crippen molar-refractivity contribution in [3.05, 3.63) is 54.1 Å². The summed E-state index contributed by atoms with van der Waals surface area (Å²) in [6.07, 6.45) is 0. The summed E-state index contributed by atoms with van der Waals surface area (Å²) in [5, 5.41) is 22.0. The van der Waals surface area contributed by atoms with Gasteiger partial charge in [0.1, 0.15) is 16.3 Å². The smallest absolute Gasteiger partial charge is 0.296 e. The second kappa shape index (κ2) is 7.00. The van der Waals surface area contributed by atoms with E-state index in [-0.39, 0.29) is 10.9 Å². The van der Waals surface area contributed by atoms with Gasteiger partial charge in [-0.1, -0.05) is 18.2 Å². The Hall–Kier alpha value is -3.19. The molecule has 0 aliphatic heterocycles. The summed E-state index contributed by atoms with van der Waals surface area (Å²) in [6, 6.07) is 9.70.